The van der Waals surface area contributed by atoms with Crippen molar-refractivity contribution in [3.8, 4) is 0 Å². The highest BCUT2D eigenvalue weighted by Gasteiger charge is 2.15. The summed E-state index contributed by atoms with van der Waals surface area (Å²) in [7, 11) is -3.30. The summed E-state index contributed by atoms with van der Waals surface area (Å²) in [6, 6.07) is 1.78. The molecule has 5 heteroatoms. The van der Waals surface area contributed by atoms with Crippen molar-refractivity contribution in [3.05, 3.63) is 28.9 Å². The van der Waals surface area contributed by atoms with Crippen LogP contribution in [0.4, 0.5) is 5.69 Å². The summed E-state index contributed by atoms with van der Waals surface area (Å²) in [6.07, 6.45) is 3.24. The highest BCUT2D eigenvalue weighted by Crippen LogP contribution is 2.25. The number of pyridine rings is 1. The molecule has 0 spiro atoms. The molecule has 1 aliphatic rings. The molecule has 0 aromatic carbocycles. The Morgan fingerprint density at radius 3 is 2.80 bits per heavy atom. The third-order valence-corrected chi connectivity index (χ3v) is 3.23. The monoisotopic (exact) mass is 224 g/mol. The Balaban J connectivity index is 2.51. The third kappa shape index (κ3) is 2.02. The minimum Gasteiger partial charge on any atom is -0.279 e. The largest absolute Gasteiger partial charge is 0.279 e. The number of hydrogen-bond donors (Lipinski definition) is 1. The number of hydrogen-bond acceptors (Lipinski definition) is 3. The lowest BCUT2D eigenvalue weighted by atomic mass is 10.1. The van der Waals surface area contributed by atoms with Crippen molar-refractivity contribution in [2.24, 2.45) is 0 Å². The number of sulfonamides is 1. The maximum Gasteiger partial charge on any atom is 0.255 e. The molecule has 0 unspecified atom stereocenters. The van der Waals surface area contributed by atoms with Crippen LogP contribution >= 0.6 is 0 Å². The summed E-state index contributed by atoms with van der Waals surface area (Å²) in [5.41, 5.74) is 2.29. The molecule has 0 aliphatic carbocycles. The molecule has 2 rings (SSSR count). The maximum atomic E-state index is 11.3. The second kappa shape index (κ2) is 3.34. The van der Waals surface area contributed by atoms with Crippen LogP contribution in [0.5, 0.6) is 0 Å². The van der Waals surface area contributed by atoms with Crippen LogP contribution in [0.25, 0.3) is 6.08 Å². The molecular formula is C10H12N2O2S. The molecule has 1 N–H and O–H groups in total. The summed E-state index contributed by atoms with van der Waals surface area (Å²) in [5.74, 6) is 0.283. The van der Waals surface area contributed by atoms with E-state index in [4.69, 9.17) is 0 Å². The lowest BCUT2D eigenvalue weighted by Crippen LogP contribution is -2.14. The summed E-state index contributed by atoms with van der Waals surface area (Å²) >= 11 is 0. The van der Waals surface area contributed by atoms with Gasteiger partial charge in [0.05, 0.1) is 11.1 Å². The minimum absolute atomic E-state index is 0.283. The van der Waals surface area contributed by atoms with Gasteiger partial charge in [0, 0.05) is 17.5 Å². The van der Waals surface area contributed by atoms with Crippen LogP contribution in [0.15, 0.2) is 17.7 Å². The third-order valence-electron chi connectivity index (χ3n) is 2.23. The second-order valence-electron chi connectivity index (χ2n) is 3.80. The molecule has 80 valence electrons. The molecule has 0 saturated carbocycles. The molecule has 2 heterocycles. The second-order valence-corrected chi connectivity index (χ2v) is 5.37. The average molecular weight is 224 g/mol. The van der Waals surface area contributed by atoms with Gasteiger partial charge in [-0.25, -0.2) is 8.42 Å². The van der Waals surface area contributed by atoms with E-state index < -0.39 is 10.0 Å². The Hall–Kier alpha value is -1.36. The van der Waals surface area contributed by atoms with Crippen LogP contribution < -0.4 is 4.72 Å². The number of nitrogens with one attached hydrogen (secondary N) is 1. The lowest BCUT2D eigenvalue weighted by Gasteiger charge is -2.14. The first-order chi connectivity index (χ1) is 6.98. The fourth-order valence-corrected chi connectivity index (χ4v) is 2.25. The van der Waals surface area contributed by atoms with Crippen LogP contribution in [-0.2, 0) is 10.0 Å². The molecule has 0 amide bonds. The van der Waals surface area contributed by atoms with Gasteiger partial charge in [0.2, 0.25) is 0 Å². The Morgan fingerprint density at radius 2 is 2.13 bits per heavy atom. The molecule has 4 nitrogen and oxygen atoms in total. The van der Waals surface area contributed by atoms with Gasteiger partial charge in [0.15, 0.2) is 0 Å². The van der Waals surface area contributed by atoms with Crippen molar-refractivity contribution in [2.75, 3.05) is 4.72 Å². The molecule has 0 atom stereocenters. The molecule has 1 aromatic rings. The average Bonchev–Trinajstić information content (AvgIpc) is 2.15. The molecule has 0 saturated heterocycles. The van der Waals surface area contributed by atoms with Gasteiger partial charge in [0.25, 0.3) is 10.0 Å². The maximum absolute atomic E-state index is 11.3. The van der Waals surface area contributed by atoms with Crippen molar-refractivity contribution < 1.29 is 8.42 Å². The predicted octanol–water partition coefficient (Wildman–Crippen LogP) is 1.93. The van der Waals surface area contributed by atoms with Gasteiger partial charge >= 0.3 is 0 Å². The van der Waals surface area contributed by atoms with Gasteiger partial charge in [-0.2, -0.15) is 0 Å². The number of aromatic nitrogens is 1. The van der Waals surface area contributed by atoms with Crippen molar-refractivity contribution in [1.82, 2.24) is 4.98 Å². The zero-order valence-corrected chi connectivity index (χ0v) is 9.38. The van der Waals surface area contributed by atoms with Crippen LogP contribution in [0.2, 0.25) is 0 Å². The number of fused-ring (bicyclic) bond motifs is 1. The summed E-state index contributed by atoms with van der Waals surface area (Å²) in [4.78, 5) is 4.25. The lowest BCUT2D eigenvalue weighted by molar-refractivity contribution is 0.609. The SMILES string of the molecule is CC(C)c1cc2c(cn1)C=CS(=O)(=O)N2. The van der Waals surface area contributed by atoms with E-state index >= 15 is 0 Å². The Labute approximate surface area is 89.1 Å². The number of anilines is 1. The fraction of sp³-hybridized carbons (Fsp3) is 0.300. The van der Waals surface area contributed by atoms with Gasteiger partial charge < -0.3 is 0 Å². The van der Waals surface area contributed by atoms with E-state index in [1.807, 2.05) is 13.8 Å². The first-order valence-corrected chi connectivity index (χ1v) is 6.23. The zero-order valence-electron chi connectivity index (χ0n) is 8.56. The van der Waals surface area contributed by atoms with Gasteiger partial charge in [-0.05, 0) is 18.1 Å². The summed E-state index contributed by atoms with van der Waals surface area (Å²) < 4.78 is 25.0. The topological polar surface area (TPSA) is 59.1 Å². The van der Waals surface area contributed by atoms with Gasteiger partial charge in [-0.15, -0.1) is 0 Å². The van der Waals surface area contributed by atoms with Gasteiger partial charge in [0.1, 0.15) is 0 Å². The van der Waals surface area contributed by atoms with Gasteiger partial charge in [-0.1, -0.05) is 13.8 Å². The summed E-state index contributed by atoms with van der Waals surface area (Å²) in [6.45, 7) is 4.03. The zero-order chi connectivity index (χ0) is 11.1. The van der Waals surface area contributed by atoms with Crippen LogP contribution in [0.3, 0.4) is 0 Å². The Bertz CT molecular complexity index is 518. The molecule has 1 aromatic heterocycles. The van der Waals surface area contributed by atoms with Crippen molar-refractivity contribution in [3.63, 3.8) is 0 Å². The molecule has 1 aliphatic heterocycles. The highest BCUT2D eigenvalue weighted by molar-refractivity contribution is 7.95. The van der Waals surface area contributed by atoms with E-state index in [1.54, 1.807) is 18.3 Å². The Morgan fingerprint density at radius 1 is 1.40 bits per heavy atom. The first kappa shape index (κ1) is 10.2. The van der Waals surface area contributed by atoms with E-state index in [2.05, 4.69) is 9.71 Å². The van der Waals surface area contributed by atoms with E-state index in [9.17, 15) is 8.42 Å². The van der Waals surface area contributed by atoms with Gasteiger partial charge in [-0.3, -0.25) is 9.71 Å². The van der Waals surface area contributed by atoms with Crippen molar-refractivity contribution >= 4 is 21.8 Å². The molecule has 0 radical (unpaired) electrons. The minimum atomic E-state index is -3.30. The molecule has 15 heavy (non-hydrogen) atoms. The number of rotatable bonds is 1. The van der Waals surface area contributed by atoms with E-state index in [0.717, 1.165) is 16.7 Å². The van der Waals surface area contributed by atoms with Crippen LogP contribution in [0, 0.1) is 0 Å². The standard InChI is InChI=1S/C10H12N2O2S/c1-7(2)9-5-10-8(6-11-9)3-4-15(13,14)12-10/h3-7,12H,1-2H3. The first-order valence-electron chi connectivity index (χ1n) is 4.69. The van der Waals surface area contributed by atoms with Crippen LogP contribution in [-0.4, -0.2) is 13.4 Å². The fourth-order valence-electron chi connectivity index (χ4n) is 1.37. The van der Waals surface area contributed by atoms with E-state index in [0.29, 0.717) is 5.69 Å². The van der Waals surface area contributed by atoms with Crippen molar-refractivity contribution in [1.29, 1.82) is 0 Å². The molecular weight excluding hydrogens is 212 g/mol. The highest BCUT2D eigenvalue weighted by atomic mass is 32.2. The van der Waals surface area contributed by atoms with E-state index in [1.165, 1.54) is 0 Å². The smallest absolute Gasteiger partial charge is 0.255 e. The quantitative estimate of drug-likeness (QED) is 0.793. The van der Waals surface area contributed by atoms with Crippen molar-refractivity contribution in [2.45, 2.75) is 19.8 Å². The molecule has 0 bridgehead atoms. The predicted molar refractivity (Wildman–Crippen MR) is 59.9 cm³/mol. The summed E-state index contributed by atoms with van der Waals surface area (Å²) in [5, 5.41) is 1.14. The van der Waals surface area contributed by atoms with Crippen LogP contribution in [0.1, 0.15) is 31.0 Å². The van der Waals surface area contributed by atoms with E-state index in [-0.39, 0.29) is 5.92 Å². The number of nitrogens with zero attached hydrogens (tertiary/aromatic N) is 1. The molecule has 0 fully saturated rings. The Kier molecular flexibility index (Phi) is 2.26. The normalized spacial score (nSPS) is 17.3.